The molecule has 0 aromatic heterocycles. The lowest BCUT2D eigenvalue weighted by molar-refractivity contribution is -0.136. The molecule has 1 amide bonds. The molecule has 1 aliphatic rings. The molecule has 1 N–H and O–H groups in total. The van der Waals surface area contributed by atoms with Crippen molar-refractivity contribution in [1.29, 1.82) is 0 Å². The van der Waals surface area contributed by atoms with Crippen LogP contribution in [0.25, 0.3) is 0 Å². The molecule has 0 aliphatic carbocycles. The average Bonchev–Trinajstić information content (AvgIpc) is 2.36. The zero-order valence-corrected chi connectivity index (χ0v) is 12.9. The lowest BCUT2D eigenvalue weighted by Gasteiger charge is -2.34. The maximum Gasteiger partial charge on any atom is 0.225 e. The summed E-state index contributed by atoms with van der Waals surface area (Å²) in [6.45, 7) is 4.37. The molecule has 1 saturated heterocycles. The van der Waals surface area contributed by atoms with Crippen molar-refractivity contribution in [2.75, 3.05) is 27.2 Å². The molecule has 1 atom stereocenters. The van der Waals surface area contributed by atoms with E-state index in [1.54, 1.807) is 18.1 Å². The normalized spacial score (nSPS) is 16.4. The molecule has 0 radical (unpaired) electrons. The first kappa shape index (κ1) is 15.1. The van der Waals surface area contributed by atoms with Crippen LogP contribution in [-0.2, 0) is 11.3 Å². The van der Waals surface area contributed by atoms with Crippen LogP contribution >= 0.6 is 11.6 Å². The van der Waals surface area contributed by atoms with Gasteiger partial charge in [0.1, 0.15) is 5.75 Å². The van der Waals surface area contributed by atoms with Gasteiger partial charge in [-0.1, -0.05) is 18.5 Å². The molecule has 0 bridgehead atoms. The molecule has 1 aromatic carbocycles. The molecule has 1 aromatic rings. The topological polar surface area (TPSA) is 41.6 Å². The van der Waals surface area contributed by atoms with Crippen LogP contribution in [0.3, 0.4) is 0 Å². The predicted octanol–water partition coefficient (Wildman–Crippen LogP) is 2.16. The Morgan fingerprint density at radius 2 is 2.25 bits per heavy atom. The SMILES string of the molecule is COc1ccc(Cl)cc1CN(C)C(=O)C(C)C1CNC1. The van der Waals surface area contributed by atoms with Crippen molar-refractivity contribution < 1.29 is 9.53 Å². The summed E-state index contributed by atoms with van der Waals surface area (Å²) < 4.78 is 5.31. The van der Waals surface area contributed by atoms with Gasteiger partial charge in [-0.15, -0.1) is 0 Å². The van der Waals surface area contributed by atoms with Gasteiger partial charge >= 0.3 is 0 Å². The third kappa shape index (κ3) is 3.25. The van der Waals surface area contributed by atoms with Gasteiger partial charge in [-0.3, -0.25) is 4.79 Å². The van der Waals surface area contributed by atoms with Crippen LogP contribution in [0.2, 0.25) is 5.02 Å². The van der Waals surface area contributed by atoms with Crippen molar-refractivity contribution in [3.8, 4) is 5.75 Å². The number of nitrogens with one attached hydrogen (secondary N) is 1. The molecular formula is C15H21ClN2O2. The number of nitrogens with zero attached hydrogens (tertiary/aromatic N) is 1. The molecule has 1 heterocycles. The van der Waals surface area contributed by atoms with Gasteiger partial charge in [0.15, 0.2) is 0 Å². The lowest BCUT2D eigenvalue weighted by atomic mass is 9.88. The minimum absolute atomic E-state index is 0.0476. The summed E-state index contributed by atoms with van der Waals surface area (Å²) in [6, 6.07) is 5.46. The number of carbonyl (C=O) groups is 1. The lowest BCUT2D eigenvalue weighted by Crippen LogP contribution is -2.49. The number of hydrogen-bond acceptors (Lipinski definition) is 3. The molecule has 0 spiro atoms. The standard InChI is InChI=1S/C15H21ClN2O2/c1-10(12-7-17-8-12)15(19)18(2)9-11-6-13(16)4-5-14(11)20-3/h4-6,10,12,17H,7-9H2,1-3H3. The van der Waals surface area contributed by atoms with Crippen LogP contribution < -0.4 is 10.1 Å². The van der Waals surface area contributed by atoms with Crippen molar-refractivity contribution >= 4 is 17.5 Å². The van der Waals surface area contributed by atoms with Crippen LogP contribution in [0, 0.1) is 11.8 Å². The van der Waals surface area contributed by atoms with E-state index in [4.69, 9.17) is 16.3 Å². The Morgan fingerprint density at radius 3 is 2.80 bits per heavy atom. The van der Waals surface area contributed by atoms with Crippen LogP contribution in [0.5, 0.6) is 5.75 Å². The van der Waals surface area contributed by atoms with Crippen molar-refractivity contribution in [3.63, 3.8) is 0 Å². The van der Waals surface area contributed by atoms with Gasteiger partial charge in [-0.25, -0.2) is 0 Å². The fourth-order valence-electron chi connectivity index (χ4n) is 2.42. The third-order valence-corrected chi connectivity index (χ3v) is 4.17. The first-order valence-corrected chi connectivity index (χ1v) is 7.19. The van der Waals surface area contributed by atoms with Gasteiger partial charge in [0.25, 0.3) is 0 Å². The number of amides is 1. The average molecular weight is 297 g/mol. The van der Waals surface area contributed by atoms with Crippen molar-refractivity contribution in [3.05, 3.63) is 28.8 Å². The molecule has 0 saturated carbocycles. The number of carbonyl (C=O) groups excluding carboxylic acids is 1. The maximum atomic E-state index is 12.4. The quantitative estimate of drug-likeness (QED) is 0.905. The second-order valence-corrected chi connectivity index (χ2v) is 5.79. The molecule has 110 valence electrons. The van der Waals surface area contributed by atoms with E-state index in [9.17, 15) is 4.79 Å². The predicted molar refractivity (Wildman–Crippen MR) is 80.0 cm³/mol. The zero-order chi connectivity index (χ0) is 14.7. The van der Waals surface area contributed by atoms with E-state index in [0.717, 1.165) is 24.4 Å². The number of methoxy groups -OCH3 is 1. The molecule has 1 fully saturated rings. The van der Waals surface area contributed by atoms with E-state index >= 15 is 0 Å². The smallest absolute Gasteiger partial charge is 0.225 e. The van der Waals surface area contributed by atoms with E-state index in [2.05, 4.69) is 5.32 Å². The highest BCUT2D eigenvalue weighted by atomic mass is 35.5. The minimum Gasteiger partial charge on any atom is -0.496 e. The van der Waals surface area contributed by atoms with Crippen molar-refractivity contribution in [1.82, 2.24) is 10.2 Å². The Hall–Kier alpha value is -1.26. The number of benzene rings is 1. The van der Waals surface area contributed by atoms with Crippen molar-refractivity contribution in [2.45, 2.75) is 13.5 Å². The molecule has 1 unspecified atom stereocenters. The highest BCUT2D eigenvalue weighted by Crippen LogP contribution is 2.25. The van der Waals surface area contributed by atoms with Crippen LogP contribution in [0.1, 0.15) is 12.5 Å². The maximum absolute atomic E-state index is 12.4. The summed E-state index contributed by atoms with van der Waals surface area (Å²) >= 11 is 6.01. The first-order chi connectivity index (χ1) is 9.52. The van der Waals surface area contributed by atoms with Gasteiger partial charge < -0.3 is 15.0 Å². The van der Waals surface area contributed by atoms with E-state index in [0.29, 0.717) is 17.5 Å². The van der Waals surface area contributed by atoms with Gasteiger partial charge in [-0.05, 0) is 37.2 Å². The summed E-state index contributed by atoms with van der Waals surface area (Å²) in [7, 11) is 3.45. The van der Waals surface area contributed by atoms with E-state index in [-0.39, 0.29) is 11.8 Å². The number of hydrogen-bond donors (Lipinski definition) is 1. The largest absolute Gasteiger partial charge is 0.496 e. The van der Waals surface area contributed by atoms with E-state index < -0.39 is 0 Å². The summed E-state index contributed by atoms with van der Waals surface area (Å²) in [5.74, 6) is 1.42. The number of ether oxygens (including phenoxy) is 1. The first-order valence-electron chi connectivity index (χ1n) is 6.81. The summed E-state index contributed by atoms with van der Waals surface area (Å²) in [4.78, 5) is 14.1. The van der Waals surface area contributed by atoms with Crippen LogP contribution in [0.15, 0.2) is 18.2 Å². The Balaban J connectivity index is 2.04. The highest BCUT2D eigenvalue weighted by Gasteiger charge is 2.30. The minimum atomic E-state index is 0.0476. The summed E-state index contributed by atoms with van der Waals surface area (Å²) in [6.07, 6.45) is 0. The summed E-state index contributed by atoms with van der Waals surface area (Å²) in [5, 5.41) is 3.85. The number of rotatable bonds is 5. The molecule has 4 nitrogen and oxygen atoms in total. The Bertz CT molecular complexity index is 489. The Kier molecular flexibility index (Phi) is 4.89. The fourth-order valence-corrected chi connectivity index (χ4v) is 2.61. The molecule has 1 aliphatic heterocycles. The molecular weight excluding hydrogens is 276 g/mol. The molecule has 2 rings (SSSR count). The highest BCUT2D eigenvalue weighted by molar-refractivity contribution is 6.30. The zero-order valence-electron chi connectivity index (χ0n) is 12.1. The van der Waals surface area contributed by atoms with Gasteiger partial charge in [0.05, 0.1) is 7.11 Å². The van der Waals surface area contributed by atoms with E-state index in [1.807, 2.05) is 26.1 Å². The number of halogens is 1. The fraction of sp³-hybridized carbons (Fsp3) is 0.533. The summed E-state index contributed by atoms with van der Waals surface area (Å²) in [5.41, 5.74) is 0.926. The van der Waals surface area contributed by atoms with Gasteiger partial charge in [0, 0.05) is 30.1 Å². The van der Waals surface area contributed by atoms with Gasteiger partial charge in [-0.2, -0.15) is 0 Å². The van der Waals surface area contributed by atoms with E-state index in [1.165, 1.54) is 0 Å². The third-order valence-electron chi connectivity index (χ3n) is 3.94. The molecule has 20 heavy (non-hydrogen) atoms. The van der Waals surface area contributed by atoms with Crippen LogP contribution in [0.4, 0.5) is 0 Å². The Morgan fingerprint density at radius 1 is 1.55 bits per heavy atom. The van der Waals surface area contributed by atoms with Gasteiger partial charge in [0.2, 0.25) is 5.91 Å². The van der Waals surface area contributed by atoms with Crippen LogP contribution in [-0.4, -0.2) is 38.1 Å². The molecule has 5 heteroatoms. The second-order valence-electron chi connectivity index (χ2n) is 5.36. The monoisotopic (exact) mass is 296 g/mol. The second kappa shape index (κ2) is 6.46. The Labute approximate surface area is 125 Å². The van der Waals surface area contributed by atoms with Crippen molar-refractivity contribution in [2.24, 2.45) is 11.8 Å².